The molecule has 98 valence electrons. The average molecular weight is 318 g/mol. The van der Waals surface area contributed by atoms with E-state index in [-0.39, 0.29) is 5.78 Å². The van der Waals surface area contributed by atoms with Gasteiger partial charge in [0.1, 0.15) is 0 Å². The van der Waals surface area contributed by atoms with Crippen LogP contribution in [0.4, 0.5) is 5.69 Å². The first-order valence-electron chi connectivity index (χ1n) is 6.29. The van der Waals surface area contributed by atoms with E-state index >= 15 is 0 Å². The van der Waals surface area contributed by atoms with E-state index in [1.807, 2.05) is 54.6 Å². The zero-order chi connectivity index (χ0) is 13.7. The predicted molar refractivity (Wildman–Crippen MR) is 82.8 cm³/mol. The van der Waals surface area contributed by atoms with E-state index in [1.54, 1.807) is 0 Å². The smallest absolute Gasteiger partial charge is 0.182 e. The van der Waals surface area contributed by atoms with Gasteiger partial charge in [-0.2, -0.15) is 0 Å². The number of likely N-dealkylation sites (N-methyl/N-ethyl adjacent to an activating group) is 1. The molecule has 0 heterocycles. The van der Waals surface area contributed by atoms with Gasteiger partial charge in [0.2, 0.25) is 0 Å². The molecule has 0 aliphatic rings. The molecule has 0 saturated heterocycles. The van der Waals surface area contributed by atoms with Gasteiger partial charge in [-0.25, -0.2) is 0 Å². The van der Waals surface area contributed by atoms with Crippen molar-refractivity contribution in [1.82, 2.24) is 0 Å². The Morgan fingerprint density at radius 3 is 2.47 bits per heavy atom. The molecule has 0 aromatic heterocycles. The number of carbonyl (C=O) groups excluding carboxylic acids is 1. The van der Waals surface area contributed by atoms with E-state index in [2.05, 4.69) is 27.8 Å². The van der Waals surface area contributed by atoms with E-state index in [1.165, 1.54) is 0 Å². The van der Waals surface area contributed by atoms with Crippen LogP contribution in [0.2, 0.25) is 0 Å². The van der Waals surface area contributed by atoms with Crippen molar-refractivity contribution < 1.29 is 4.79 Å². The lowest BCUT2D eigenvalue weighted by atomic mass is 10.1. The molecule has 0 spiro atoms. The lowest BCUT2D eigenvalue weighted by Crippen LogP contribution is -2.29. The van der Waals surface area contributed by atoms with E-state index in [9.17, 15) is 4.79 Å². The Morgan fingerprint density at radius 1 is 1.11 bits per heavy atom. The fourth-order valence-electron chi connectivity index (χ4n) is 1.95. The lowest BCUT2D eigenvalue weighted by Gasteiger charge is -2.22. The van der Waals surface area contributed by atoms with Crippen molar-refractivity contribution in [3.63, 3.8) is 0 Å². The number of para-hydroxylation sites is 1. The summed E-state index contributed by atoms with van der Waals surface area (Å²) in [6.07, 6.45) is 0. The highest BCUT2D eigenvalue weighted by Crippen LogP contribution is 2.16. The number of Topliss-reactive ketones (excluding diaryl/α,β-unsaturated/α-hetero) is 1. The van der Waals surface area contributed by atoms with Crippen LogP contribution in [-0.2, 0) is 0 Å². The first kappa shape index (κ1) is 13.8. The molecule has 3 heteroatoms. The fourth-order valence-corrected chi connectivity index (χ4v) is 2.35. The SMILES string of the molecule is CCN(CC(=O)c1cccc(Br)c1)c1ccccc1. The molecule has 0 bridgehead atoms. The molecule has 0 radical (unpaired) electrons. The molecule has 0 atom stereocenters. The van der Waals surface area contributed by atoms with Crippen molar-refractivity contribution in [2.45, 2.75) is 6.92 Å². The molecule has 2 rings (SSSR count). The van der Waals surface area contributed by atoms with Crippen LogP contribution in [0, 0.1) is 0 Å². The van der Waals surface area contributed by atoms with Crippen molar-refractivity contribution in [3.8, 4) is 0 Å². The Morgan fingerprint density at radius 2 is 1.84 bits per heavy atom. The Kier molecular flexibility index (Phi) is 4.74. The number of nitrogens with zero attached hydrogens (tertiary/aromatic N) is 1. The highest BCUT2D eigenvalue weighted by Gasteiger charge is 2.11. The summed E-state index contributed by atoms with van der Waals surface area (Å²) in [4.78, 5) is 14.3. The number of rotatable bonds is 5. The Balaban J connectivity index is 2.13. The average Bonchev–Trinajstić information content (AvgIpc) is 2.45. The molecule has 0 fully saturated rings. The van der Waals surface area contributed by atoms with Crippen LogP contribution in [0.5, 0.6) is 0 Å². The molecule has 2 aromatic carbocycles. The van der Waals surface area contributed by atoms with Crippen LogP contribution in [0.25, 0.3) is 0 Å². The minimum Gasteiger partial charge on any atom is -0.364 e. The second kappa shape index (κ2) is 6.53. The summed E-state index contributed by atoms with van der Waals surface area (Å²) >= 11 is 3.39. The molecular formula is C16H16BrNO. The monoisotopic (exact) mass is 317 g/mol. The Labute approximate surface area is 122 Å². The standard InChI is InChI=1S/C16H16BrNO/c1-2-18(15-9-4-3-5-10-15)12-16(19)13-7-6-8-14(17)11-13/h3-11H,2,12H2,1H3. The van der Waals surface area contributed by atoms with Crippen LogP contribution >= 0.6 is 15.9 Å². The quantitative estimate of drug-likeness (QED) is 0.772. The van der Waals surface area contributed by atoms with E-state index < -0.39 is 0 Å². The molecule has 0 aliphatic carbocycles. The highest BCUT2D eigenvalue weighted by atomic mass is 79.9. The van der Waals surface area contributed by atoms with Crippen molar-refractivity contribution in [2.75, 3.05) is 18.0 Å². The second-order valence-corrected chi connectivity index (χ2v) is 5.20. The zero-order valence-corrected chi connectivity index (χ0v) is 12.4. The molecule has 2 aromatic rings. The lowest BCUT2D eigenvalue weighted by molar-refractivity contribution is 0.0999. The van der Waals surface area contributed by atoms with Crippen LogP contribution in [0.15, 0.2) is 59.1 Å². The van der Waals surface area contributed by atoms with Gasteiger partial charge < -0.3 is 4.90 Å². The summed E-state index contributed by atoms with van der Waals surface area (Å²) in [5.41, 5.74) is 1.82. The molecule has 2 nitrogen and oxygen atoms in total. The molecule has 0 amide bonds. The summed E-state index contributed by atoms with van der Waals surface area (Å²) in [7, 11) is 0. The van der Waals surface area contributed by atoms with Crippen LogP contribution in [0.1, 0.15) is 17.3 Å². The van der Waals surface area contributed by atoms with Gasteiger partial charge in [0.25, 0.3) is 0 Å². The second-order valence-electron chi connectivity index (χ2n) is 4.28. The third-order valence-corrected chi connectivity index (χ3v) is 3.48. The van der Waals surface area contributed by atoms with Crippen LogP contribution < -0.4 is 4.90 Å². The van der Waals surface area contributed by atoms with Crippen molar-refractivity contribution in [1.29, 1.82) is 0 Å². The zero-order valence-electron chi connectivity index (χ0n) is 10.8. The largest absolute Gasteiger partial charge is 0.364 e. The summed E-state index contributed by atoms with van der Waals surface area (Å²) in [5.74, 6) is 0.131. The fraction of sp³-hybridized carbons (Fsp3) is 0.188. The van der Waals surface area contributed by atoms with Gasteiger partial charge in [0, 0.05) is 22.3 Å². The Hall–Kier alpha value is -1.61. The van der Waals surface area contributed by atoms with E-state index in [0.717, 1.165) is 22.3 Å². The molecule has 0 aliphatic heterocycles. The normalized spacial score (nSPS) is 10.2. The number of hydrogen-bond donors (Lipinski definition) is 0. The van der Waals surface area contributed by atoms with E-state index in [0.29, 0.717) is 6.54 Å². The maximum Gasteiger partial charge on any atom is 0.182 e. The van der Waals surface area contributed by atoms with Gasteiger partial charge >= 0.3 is 0 Å². The van der Waals surface area contributed by atoms with Gasteiger partial charge in [-0.15, -0.1) is 0 Å². The number of anilines is 1. The van der Waals surface area contributed by atoms with Crippen LogP contribution in [-0.4, -0.2) is 18.9 Å². The Bertz CT molecular complexity index is 554. The first-order chi connectivity index (χ1) is 9.20. The molecule has 0 N–H and O–H groups in total. The van der Waals surface area contributed by atoms with Gasteiger partial charge in [-0.05, 0) is 31.2 Å². The molecular weight excluding hydrogens is 302 g/mol. The van der Waals surface area contributed by atoms with Gasteiger partial charge in [0.15, 0.2) is 5.78 Å². The molecule has 19 heavy (non-hydrogen) atoms. The maximum atomic E-state index is 12.3. The van der Waals surface area contributed by atoms with Gasteiger partial charge in [-0.1, -0.05) is 46.3 Å². The summed E-state index contributed by atoms with van der Waals surface area (Å²) in [6.45, 7) is 3.27. The topological polar surface area (TPSA) is 20.3 Å². The number of halogens is 1. The molecule has 0 saturated carbocycles. The van der Waals surface area contributed by atoms with Crippen LogP contribution in [0.3, 0.4) is 0 Å². The summed E-state index contributed by atoms with van der Waals surface area (Å²) < 4.78 is 0.932. The van der Waals surface area contributed by atoms with E-state index in [4.69, 9.17) is 0 Å². The molecule has 0 unspecified atom stereocenters. The number of carbonyl (C=O) groups is 1. The minimum atomic E-state index is 0.131. The van der Waals surface area contributed by atoms with Crippen molar-refractivity contribution in [2.24, 2.45) is 0 Å². The summed E-state index contributed by atoms with van der Waals surface area (Å²) in [5, 5.41) is 0. The number of hydrogen-bond acceptors (Lipinski definition) is 2. The van der Waals surface area contributed by atoms with Crippen molar-refractivity contribution >= 4 is 27.4 Å². The highest BCUT2D eigenvalue weighted by molar-refractivity contribution is 9.10. The maximum absolute atomic E-state index is 12.3. The third kappa shape index (κ3) is 3.67. The number of benzene rings is 2. The van der Waals surface area contributed by atoms with Gasteiger partial charge in [-0.3, -0.25) is 4.79 Å². The van der Waals surface area contributed by atoms with Crippen molar-refractivity contribution in [3.05, 3.63) is 64.6 Å². The van der Waals surface area contributed by atoms with Gasteiger partial charge in [0.05, 0.1) is 6.54 Å². The summed E-state index contributed by atoms with van der Waals surface area (Å²) in [6, 6.07) is 17.5. The third-order valence-electron chi connectivity index (χ3n) is 2.98. The predicted octanol–water partition coefficient (Wildman–Crippen LogP) is 4.16. The first-order valence-corrected chi connectivity index (χ1v) is 7.08. The minimum absolute atomic E-state index is 0.131. The number of ketones is 1.